The fraction of sp³-hybridized carbons (Fsp3) is 0.947. The van der Waals surface area contributed by atoms with E-state index < -0.39 is 6.10 Å². The van der Waals surface area contributed by atoms with E-state index in [1.165, 1.54) is 116 Å². The highest BCUT2D eigenvalue weighted by Crippen LogP contribution is 2.15. The van der Waals surface area contributed by atoms with Crippen molar-refractivity contribution in [1.82, 2.24) is 0 Å². The number of hydrogen-bond donors (Lipinski definition) is 0. The summed E-state index contributed by atoms with van der Waals surface area (Å²) >= 11 is 0. The van der Waals surface area contributed by atoms with Gasteiger partial charge in [0, 0.05) is 27.1 Å². The summed E-state index contributed by atoms with van der Waals surface area (Å²) in [5.41, 5.74) is 0. The predicted octanol–water partition coefficient (Wildman–Crippen LogP) is 6.59. The van der Waals surface area contributed by atoms with Gasteiger partial charge in [0.2, 0.25) is 0 Å². The van der Waals surface area contributed by atoms with Gasteiger partial charge in [-0.3, -0.25) is 9.59 Å². The summed E-state index contributed by atoms with van der Waals surface area (Å²) in [6.07, 6.45) is 27.8. The standard InChI is InChI=1S/C38H76NO6.HI/c1-6-8-10-12-14-16-18-20-22-24-26-28-37(40)44-35-36(34-39(3,30-32-42-4)31-33-43-5)45-38(41)29-27-25-23-21-19-17-15-13-11-9-7-2;/h36H,6-35H2,1-5H3;1H/q+1;/p-1. The number of esters is 2. The Bertz CT molecular complexity index is 657. The second kappa shape index (κ2) is 35.8. The van der Waals surface area contributed by atoms with Gasteiger partial charge in [-0.05, 0) is 12.8 Å². The molecule has 1 unspecified atom stereocenters. The Labute approximate surface area is 302 Å². The molecule has 0 aliphatic heterocycles. The van der Waals surface area contributed by atoms with Crippen LogP contribution in [0.2, 0.25) is 0 Å². The zero-order valence-electron chi connectivity index (χ0n) is 31.1. The van der Waals surface area contributed by atoms with Crippen LogP contribution >= 0.6 is 0 Å². The van der Waals surface area contributed by atoms with E-state index in [0.717, 1.165) is 38.8 Å². The maximum atomic E-state index is 12.8. The lowest BCUT2D eigenvalue weighted by Crippen LogP contribution is -3.00. The predicted molar refractivity (Wildman–Crippen MR) is 188 cm³/mol. The van der Waals surface area contributed by atoms with Crippen molar-refractivity contribution in [2.24, 2.45) is 0 Å². The van der Waals surface area contributed by atoms with Gasteiger partial charge in [0.25, 0.3) is 0 Å². The van der Waals surface area contributed by atoms with Crippen LogP contribution < -0.4 is 24.0 Å². The Morgan fingerprint density at radius 3 is 1.26 bits per heavy atom. The van der Waals surface area contributed by atoms with Crippen LogP contribution in [-0.4, -0.2) is 83.2 Å². The van der Waals surface area contributed by atoms with Gasteiger partial charge in [-0.15, -0.1) is 0 Å². The van der Waals surface area contributed by atoms with E-state index in [1.807, 2.05) is 0 Å². The molecule has 0 aliphatic rings. The minimum Gasteiger partial charge on any atom is -1.00 e. The molecule has 0 spiro atoms. The number of methoxy groups -OCH3 is 2. The number of carbonyl (C=O) groups excluding carboxylic acids is 2. The number of quaternary nitrogens is 1. The van der Waals surface area contributed by atoms with Crippen LogP contribution in [0.25, 0.3) is 0 Å². The third kappa shape index (κ3) is 32.1. The van der Waals surface area contributed by atoms with E-state index in [2.05, 4.69) is 20.9 Å². The SMILES string of the molecule is CCCCCCCCCCCCCC(=O)OCC(C[N+](C)(CCOC)CCOC)OC(=O)CCCCCCCCCCCCC.[I-]. The second-order valence-corrected chi connectivity index (χ2v) is 13.6. The molecule has 0 amide bonds. The van der Waals surface area contributed by atoms with E-state index in [1.54, 1.807) is 14.2 Å². The number of likely N-dealkylation sites (N-methyl/N-ethyl adjacent to an activating group) is 1. The molecule has 46 heavy (non-hydrogen) atoms. The van der Waals surface area contributed by atoms with Gasteiger partial charge in [0.15, 0.2) is 6.10 Å². The van der Waals surface area contributed by atoms with E-state index in [9.17, 15) is 9.59 Å². The number of halogens is 1. The highest BCUT2D eigenvalue weighted by Gasteiger charge is 2.30. The number of ether oxygens (including phenoxy) is 4. The molecule has 0 fully saturated rings. The number of hydrogen-bond acceptors (Lipinski definition) is 6. The molecule has 0 aromatic carbocycles. The van der Waals surface area contributed by atoms with Crippen molar-refractivity contribution in [3.63, 3.8) is 0 Å². The Balaban J connectivity index is 0. The first-order valence-electron chi connectivity index (χ1n) is 19.1. The summed E-state index contributed by atoms with van der Waals surface area (Å²) in [7, 11) is 5.51. The van der Waals surface area contributed by atoms with Crippen molar-refractivity contribution in [2.75, 3.05) is 60.7 Å². The molecule has 0 saturated heterocycles. The van der Waals surface area contributed by atoms with Crippen molar-refractivity contribution in [3.05, 3.63) is 0 Å². The topological polar surface area (TPSA) is 71.1 Å². The normalized spacial score (nSPS) is 12.1. The molecule has 0 aromatic rings. The van der Waals surface area contributed by atoms with Crippen molar-refractivity contribution in [2.45, 2.75) is 174 Å². The smallest absolute Gasteiger partial charge is 0.306 e. The first-order valence-corrected chi connectivity index (χ1v) is 19.1. The van der Waals surface area contributed by atoms with Crippen molar-refractivity contribution < 1.29 is 57.0 Å². The van der Waals surface area contributed by atoms with Crippen LogP contribution in [0.3, 0.4) is 0 Å². The maximum absolute atomic E-state index is 12.8. The van der Waals surface area contributed by atoms with Gasteiger partial charge >= 0.3 is 11.9 Å². The van der Waals surface area contributed by atoms with Gasteiger partial charge in [-0.25, -0.2) is 0 Å². The van der Waals surface area contributed by atoms with Gasteiger partial charge in [0.05, 0.1) is 20.3 Å². The van der Waals surface area contributed by atoms with Crippen LogP contribution in [0, 0.1) is 0 Å². The molecule has 0 N–H and O–H groups in total. The minimum absolute atomic E-state index is 0. The van der Waals surface area contributed by atoms with Crippen LogP contribution in [-0.2, 0) is 28.5 Å². The number of nitrogens with zero attached hydrogens (tertiary/aromatic N) is 1. The maximum Gasteiger partial charge on any atom is 0.306 e. The summed E-state index contributed by atoms with van der Waals surface area (Å²) in [4.78, 5) is 25.4. The third-order valence-electron chi connectivity index (χ3n) is 9.01. The van der Waals surface area contributed by atoms with Crippen LogP contribution in [0.5, 0.6) is 0 Å². The molecule has 0 rings (SSSR count). The summed E-state index contributed by atoms with van der Waals surface area (Å²) in [5.74, 6) is -0.386. The van der Waals surface area contributed by atoms with E-state index >= 15 is 0 Å². The van der Waals surface area contributed by atoms with E-state index in [0.29, 0.717) is 37.1 Å². The van der Waals surface area contributed by atoms with Crippen molar-refractivity contribution >= 4 is 11.9 Å². The van der Waals surface area contributed by atoms with Gasteiger partial charge < -0.3 is 47.4 Å². The molecule has 7 nitrogen and oxygen atoms in total. The summed E-state index contributed by atoms with van der Waals surface area (Å²) < 4.78 is 23.0. The monoisotopic (exact) mass is 769 g/mol. The lowest BCUT2D eigenvalue weighted by atomic mass is 10.1. The number of carbonyl (C=O) groups is 2. The fourth-order valence-electron chi connectivity index (χ4n) is 5.90. The largest absolute Gasteiger partial charge is 1.00 e. The lowest BCUT2D eigenvalue weighted by Gasteiger charge is -2.36. The summed E-state index contributed by atoms with van der Waals surface area (Å²) in [6, 6.07) is 0. The molecular formula is C38H76INO6. The molecule has 0 aromatic heterocycles. The first-order chi connectivity index (χ1) is 21.9. The van der Waals surface area contributed by atoms with E-state index in [4.69, 9.17) is 18.9 Å². The summed E-state index contributed by atoms with van der Waals surface area (Å²) in [6.45, 7) is 7.90. The molecule has 276 valence electrons. The van der Waals surface area contributed by atoms with Gasteiger partial charge in [-0.1, -0.05) is 142 Å². The molecule has 8 heteroatoms. The van der Waals surface area contributed by atoms with Gasteiger partial charge in [-0.2, -0.15) is 0 Å². The molecule has 0 radical (unpaired) electrons. The zero-order valence-corrected chi connectivity index (χ0v) is 33.2. The highest BCUT2D eigenvalue weighted by atomic mass is 127. The van der Waals surface area contributed by atoms with Gasteiger partial charge in [0.1, 0.15) is 26.2 Å². The Morgan fingerprint density at radius 2 is 0.891 bits per heavy atom. The Kier molecular flexibility index (Phi) is 37.1. The molecule has 1 atom stereocenters. The van der Waals surface area contributed by atoms with E-state index in [-0.39, 0.29) is 42.5 Å². The zero-order chi connectivity index (χ0) is 33.3. The Morgan fingerprint density at radius 1 is 0.543 bits per heavy atom. The fourth-order valence-corrected chi connectivity index (χ4v) is 5.90. The molecular weight excluding hydrogens is 693 g/mol. The lowest BCUT2D eigenvalue weighted by molar-refractivity contribution is -0.912. The average Bonchev–Trinajstić information content (AvgIpc) is 3.03. The van der Waals surface area contributed by atoms with Crippen LogP contribution in [0.1, 0.15) is 168 Å². The van der Waals surface area contributed by atoms with Crippen molar-refractivity contribution in [3.8, 4) is 0 Å². The highest BCUT2D eigenvalue weighted by molar-refractivity contribution is 5.70. The number of unbranched alkanes of at least 4 members (excludes halogenated alkanes) is 20. The third-order valence-corrected chi connectivity index (χ3v) is 9.01. The molecule has 0 saturated carbocycles. The average molecular weight is 770 g/mol. The minimum atomic E-state index is -0.481. The first kappa shape index (κ1) is 47.7. The van der Waals surface area contributed by atoms with Crippen molar-refractivity contribution in [1.29, 1.82) is 0 Å². The Hall–Kier alpha value is -0.450. The summed E-state index contributed by atoms with van der Waals surface area (Å²) in [5, 5.41) is 0. The quantitative estimate of drug-likeness (QED) is 0.0314. The second-order valence-electron chi connectivity index (χ2n) is 13.6. The van der Waals surface area contributed by atoms with Crippen LogP contribution in [0.15, 0.2) is 0 Å². The molecule has 0 bridgehead atoms. The molecule has 0 heterocycles. The molecule has 0 aliphatic carbocycles. The van der Waals surface area contributed by atoms with Crippen LogP contribution in [0.4, 0.5) is 0 Å². The number of rotatable bonds is 35.